The number of benzene rings is 2. The first-order valence-electron chi connectivity index (χ1n) is 7.74. The zero-order chi connectivity index (χ0) is 15.8. The lowest BCUT2D eigenvalue weighted by Gasteiger charge is -2.20. The molecule has 0 saturated heterocycles. The second kappa shape index (κ2) is 8.25. The van der Waals surface area contributed by atoms with Crippen LogP contribution in [0.25, 0.3) is 0 Å². The van der Waals surface area contributed by atoms with Crippen LogP contribution in [-0.2, 0) is 13.0 Å². The highest BCUT2D eigenvalue weighted by molar-refractivity contribution is 5.48. The summed E-state index contributed by atoms with van der Waals surface area (Å²) in [6, 6.07) is 19.0. The van der Waals surface area contributed by atoms with Gasteiger partial charge in [-0.25, -0.2) is 0 Å². The van der Waals surface area contributed by atoms with Crippen molar-refractivity contribution in [1.82, 2.24) is 4.90 Å². The quantitative estimate of drug-likeness (QED) is 0.782. The van der Waals surface area contributed by atoms with Crippen LogP contribution >= 0.6 is 0 Å². The fourth-order valence-electron chi connectivity index (χ4n) is 2.42. The third kappa shape index (κ3) is 5.26. The summed E-state index contributed by atoms with van der Waals surface area (Å²) in [6.07, 6.45) is 1.05. The van der Waals surface area contributed by atoms with Crippen LogP contribution in [0, 0.1) is 0 Å². The van der Waals surface area contributed by atoms with E-state index in [0.29, 0.717) is 5.82 Å². The Labute approximate surface area is 133 Å². The van der Waals surface area contributed by atoms with Gasteiger partial charge in [-0.15, -0.1) is 0 Å². The first kappa shape index (κ1) is 16.1. The molecule has 0 fully saturated rings. The molecule has 0 bridgehead atoms. The molecule has 0 aliphatic carbocycles. The summed E-state index contributed by atoms with van der Waals surface area (Å²) in [4.78, 5) is 2.46. The first-order valence-corrected chi connectivity index (χ1v) is 7.74. The van der Waals surface area contributed by atoms with E-state index < -0.39 is 0 Å². The van der Waals surface area contributed by atoms with Crippen LogP contribution in [0.15, 0.2) is 67.0 Å². The second-order valence-electron chi connectivity index (χ2n) is 5.45. The molecule has 2 aromatic carbocycles. The van der Waals surface area contributed by atoms with Crippen LogP contribution in [0.4, 0.5) is 5.69 Å². The van der Waals surface area contributed by atoms with Crippen molar-refractivity contribution >= 4 is 5.69 Å². The first-order chi connectivity index (χ1) is 10.7. The summed E-state index contributed by atoms with van der Waals surface area (Å²) in [5, 5.41) is 3.01. The van der Waals surface area contributed by atoms with Gasteiger partial charge in [-0.3, -0.25) is 4.90 Å². The van der Waals surface area contributed by atoms with Gasteiger partial charge in [0.2, 0.25) is 0 Å². The lowest BCUT2D eigenvalue weighted by molar-refractivity contribution is 0.283. The molecule has 0 radical (unpaired) electrons. The van der Waals surface area contributed by atoms with Gasteiger partial charge < -0.3 is 11.1 Å². The number of anilines is 1. The zero-order valence-corrected chi connectivity index (χ0v) is 13.3. The monoisotopic (exact) mass is 295 g/mol. The number of hydrogen-bond donors (Lipinski definition) is 2. The molecule has 0 aromatic heterocycles. The summed E-state index contributed by atoms with van der Waals surface area (Å²) in [5.41, 5.74) is 9.22. The summed E-state index contributed by atoms with van der Waals surface area (Å²) < 4.78 is 0. The van der Waals surface area contributed by atoms with E-state index in [1.807, 2.05) is 12.1 Å². The van der Waals surface area contributed by atoms with E-state index in [1.165, 1.54) is 11.1 Å². The van der Waals surface area contributed by atoms with E-state index in [4.69, 9.17) is 5.73 Å². The van der Waals surface area contributed by atoms with Gasteiger partial charge in [0.05, 0.1) is 5.82 Å². The Balaban J connectivity index is 1.86. The molecule has 0 saturated carbocycles. The van der Waals surface area contributed by atoms with Gasteiger partial charge in [-0.05, 0) is 36.2 Å². The molecule has 3 heteroatoms. The fourth-order valence-corrected chi connectivity index (χ4v) is 2.42. The average Bonchev–Trinajstić information content (AvgIpc) is 2.53. The lowest BCUT2D eigenvalue weighted by Crippen LogP contribution is -2.25. The minimum absolute atomic E-state index is 0.466. The van der Waals surface area contributed by atoms with Crippen LogP contribution in [0.1, 0.15) is 18.1 Å². The fraction of sp³-hybridized carbons (Fsp3) is 0.263. The number of nitrogens with zero attached hydrogens (tertiary/aromatic N) is 1. The van der Waals surface area contributed by atoms with Crippen molar-refractivity contribution in [3.63, 3.8) is 0 Å². The standard InChI is InChI=1S/C19H25N3/c1-3-22(15-18-7-5-4-6-8-18)14-13-17-9-11-19(12-10-17)21-16(2)20/h4-12,21H,2-3,13-15,20H2,1H3. The molecule has 0 heterocycles. The van der Waals surface area contributed by atoms with Crippen molar-refractivity contribution in [2.24, 2.45) is 5.73 Å². The number of rotatable bonds is 8. The third-order valence-electron chi connectivity index (χ3n) is 3.67. The summed E-state index contributed by atoms with van der Waals surface area (Å²) >= 11 is 0. The number of hydrogen-bond acceptors (Lipinski definition) is 3. The smallest absolute Gasteiger partial charge is 0.0930 e. The SMILES string of the molecule is C=C(N)Nc1ccc(CCN(CC)Cc2ccccc2)cc1. The molecule has 116 valence electrons. The lowest BCUT2D eigenvalue weighted by atomic mass is 10.1. The predicted octanol–water partition coefficient (Wildman–Crippen LogP) is 3.59. The normalized spacial score (nSPS) is 10.6. The van der Waals surface area contributed by atoms with Crippen molar-refractivity contribution in [3.05, 3.63) is 78.1 Å². The van der Waals surface area contributed by atoms with Crippen molar-refractivity contribution in [1.29, 1.82) is 0 Å². The molecular weight excluding hydrogens is 270 g/mol. The molecule has 0 atom stereocenters. The highest BCUT2D eigenvalue weighted by atomic mass is 15.1. The predicted molar refractivity (Wildman–Crippen MR) is 94.5 cm³/mol. The molecule has 3 nitrogen and oxygen atoms in total. The van der Waals surface area contributed by atoms with Gasteiger partial charge in [-0.1, -0.05) is 56.0 Å². The number of nitrogens with two attached hydrogens (primary N) is 1. The van der Waals surface area contributed by atoms with Gasteiger partial charge in [0.15, 0.2) is 0 Å². The minimum Gasteiger partial charge on any atom is -0.386 e. The molecule has 2 rings (SSSR count). The molecule has 0 spiro atoms. The Hall–Kier alpha value is -2.26. The van der Waals surface area contributed by atoms with E-state index in [-0.39, 0.29) is 0 Å². The topological polar surface area (TPSA) is 41.3 Å². The molecule has 22 heavy (non-hydrogen) atoms. The largest absolute Gasteiger partial charge is 0.386 e. The number of likely N-dealkylation sites (N-methyl/N-ethyl adjacent to an activating group) is 1. The van der Waals surface area contributed by atoms with E-state index in [0.717, 1.165) is 31.7 Å². The van der Waals surface area contributed by atoms with Crippen molar-refractivity contribution in [3.8, 4) is 0 Å². The Kier molecular flexibility index (Phi) is 6.04. The van der Waals surface area contributed by atoms with Crippen molar-refractivity contribution in [2.75, 3.05) is 18.4 Å². The van der Waals surface area contributed by atoms with Gasteiger partial charge >= 0.3 is 0 Å². The second-order valence-corrected chi connectivity index (χ2v) is 5.45. The number of nitrogens with one attached hydrogen (secondary N) is 1. The van der Waals surface area contributed by atoms with Gasteiger partial charge in [-0.2, -0.15) is 0 Å². The van der Waals surface area contributed by atoms with Crippen molar-refractivity contribution in [2.45, 2.75) is 19.9 Å². The van der Waals surface area contributed by atoms with Gasteiger partial charge in [0.1, 0.15) is 0 Å². The Morgan fingerprint density at radius 2 is 1.73 bits per heavy atom. The minimum atomic E-state index is 0.466. The van der Waals surface area contributed by atoms with E-state index in [1.54, 1.807) is 0 Å². The molecule has 3 N–H and O–H groups in total. The van der Waals surface area contributed by atoms with Crippen LogP contribution in [0.2, 0.25) is 0 Å². The van der Waals surface area contributed by atoms with Crippen LogP contribution in [-0.4, -0.2) is 18.0 Å². The molecule has 0 aliphatic heterocycles. The maximum absolute atomic E-state index is 5.54. The Bertz CT molecular complexity index is 575. The van der Waals surface area contributed by atoms with E-state index >= 15 is 0 Å². The molecule has 0 aliphatic rings. The maximum atomic E-state index is 5.54. The van der Waals surface area contributed by atoms with Crippen LogP contribution < -0.4 is 11.1 Å². The molecule has 0 unspecified atom stereocenters. The highest BCUT2D eigenvalue weighted by Crippen LogP contribution is 2.12. The average molecular weight is 295 g/mol. The summed E-state index contributed by atoms with van der Waals surface area (Å²) in [7, 11) is 0. The molecule has 2 aromatic rings. The molecule has 0 amide bonds. The van der Waals surface area contributed by atoms with E-state index in [2.05, 4.69) is 66.2 Å². The third-order valence-corrected chi connectivity index (χ3v) is 3.67. The summed E-state index contributed by atoms with van der Waals surface area (Å²) in [6.45, 7) is 8.97. The molecular formula is C19H25N3. The van der Waals surface area contributed by atoms with Crippen molar-refractivity contribution < 1.29 is 0 Å². The van der Waals surface area contributed by atoms with Gasteiger partial charge in [0, 0.05) is 18.8 Å². The highest BCUT2D eigenvalue weighted by Gasteiger charge is 2.04. The zero-order valence-electron chi connectivity index (χ0n) is 13.3. The maximum Gasteiger partial charge on any atom is 0.0930 e. The Morgan fingerprint density at radius 3 is 2.32 bits per heavy atom. The van der Waals surface area contributed by atoms with E-state index in [9.17, 15) is 0 Å². The Morgan fingerprint density at radius 1 is 1.05 bits per heavy atom. The van der Waals surface area contributed by atoms with Crippen LogP contribution in [0.5, 0.6) is 0 Å². The summed E-state index contributed by atoms with van der Waals surface area (Å²) in [5.74, 6) is 0.466. The van der Waals surface area contributed by atoms with Gasteiger partial charge in [0.25, 0.3) is 0 Å². The van der Waals surface area contributed by atoms with Crippen LogP contribution in [0.3, 0.4) is 0 Å².